The first-order chi connectivity index (χ1) is 17.0. The molecule has 7 nitrogen and oxygen atoms in total. The van der Waals surface area contributed by atoms with Crippen molar-refractivity contribution >= 4 is 17.4 Å². The van der Waals surface area contributed by atoms with Crippen molar-refractivity contribution in [2.75, 3.05) is 6.61 Å². The van der Waals surface area contributed by atoms with E-state index in [0.29, 0.717) is 35.7 Å². The third kappa shape index (κ3) is 4.30. The van der Waals surface area contributed by atoms with E-state index in [4.69, 9.17) is 13.9 Å². The summed E-state index contributed by atoms with van der Waals surface area (Å²) in [7, 11) is 0. The van der Waals surface area contributed by atoms with Gasteiger partial charge in [-0.1, -0.05) is 19.1 Å². The summed E-state index contributed by atoms with van der Waals surface area (Å²) in [4.78, 5) is 27.8. The highest BCUT2D eigenvalue weighted by Gasteiger charge is 2.46. The van der Waals surface area contributed by atoms with E-state index in [1.807, 2.05) is 44.2 Å². The van der Waals surface area contributed by atoms with E-state index in [1.165, 1.54) is 11.2 Å². The van der Waals surface area contributed by atoms with Gasteiger partial charge >= 0.3 is 0 Å². The number of likely N-dealkylation sites (tertiary alicyclic amines) is 1. The number of Topliss-reactive ketones (excluding diaryl/α,β-unsaturated/α-hetero) is 1. The SMILES string of the molecule is CCCOc1ccc(C2C(=C(O)c3ccc4c(c3)CC(C)O4)C(=O)C(=O)N2Cc2ccco2)cc1. The molecule has 1 amide bonds. The van der Waals surface area contributed by atoms with Crippen LogP contribution in [0.1, 0.15) is 48.8 Å². The van der Waals surface area contributed by atoms with Gasteiger partial charge in [-0.3, -0.25) is 9.59 Å². The third-order valence-corrected chi connectivity index (χ3v) is 6.28. The quantitative estimate of drug-likeness (QED) is 0.295. The molecule has 2 aliphatic heterocycles. The van der Waals surface area contributed by atoms with Gasteiger partial charge in [0, 0.05) is 12.0 Å². The molecule has 2 aromatic carbocycles. The summed E-state index contributed by atoms with van der Waals surface area (Å²) < 4.78 is 16.9. The number of furan rings is 1. The zero-order valence-electron chi connectivity index (χ0n) is 19.7. The zero-order valence-corrected chi connectivity index (χ0v) is 19.7. The Kier molecular flexibility index (Phi) is 6.07. The maximum atomic E-state index is 13.2. The van der Waals surface area contributed by atoms with Gasteiger partial charge in [0.2, 0.25) is 0 Å². The Bertz CT molecular complexity index is 1280. The first kappa shape index (κ1) is 22.8. The fourth-order valence-corrected chi connectivity index (χ4v) is 4.65. The second kappa shape index (κ2) is 9.33. The molecule has 1 fully saturated rings. The number of ketones is 1. The van der Waals surface area contributed by atoms with Crippen molar-refractivity contribution < 1.29 is 28.6 Å². The van der Waals surface area contributed by atoms with Gasteiger partial charge in [-0.05, 0) is 66.9 Å². The summed E-state index contributed by atoms with van der Waals surface area (Å²) in [5.74, 6) is 0.401. The van der Waals surface area contributed by atoms with Gasteiger partial charge in [-0.25, -0.2) is 0 Å². The number of aliphatic hydroxyl groups excluding tert-OH is 1. The number of fused-ring (bicyclic) bond motifs is 1. The smallest absolute Gasteiger partial charge is 0.296 e. The summed E-state index contributed by atoms with van der Waals surface area (Å²) in [6.45, 7) is 4.70. The van der Waals surface area contributed by atoms with E-state index in [9.17, 15) is 14.7 Å². The van der Waals surface area contributed by atoms with Crippen LogP contribution in [0.4, 0.5) is 0 Å². The molecule has 3 heterocycles. The minimum absolute atomic E-state index is 0.0507. The highest BCUT2D eigenvalue weighted by atomic mass is 16.5. The Hall–Kier alpha value is -4.00. The number of aliphatic hydroxyl groups is 1. The monoisotopic (exact) mass is 473 g/mol. The van der Waals surface area contributed by atoms with Crippen LogP contribution in [0.25, 0.3) is 5.76 Å². The molecule has 35 heavy (non-hydrogen) atoms. The predicted molar refractivity (Wildman–Crippen MR) is 129 cm³/mol. The Morgan fingerprint density at radius 3 is 2.66 bits per heavy atom. The maximum Gasteiger partial charge on any atom is 0.296 e. The standard InChI is InChI=1S/C28H27NO6/c1-3-12-33-21-9-6-18(7-10-21)25-24(27(31)28(32)29(25)16-22-5-4-13-34-22)26(30)19-8-11-23-20(15-19)14-17(2)35-23/h4-11,13,15,17,25,30H,3,12,14,16H2,1-2H3. The van der Waals surface area contributed by atoms with Crippen LogP contribution in [0.5, 0.6) is 11.5 Å². The van der Waals surface area contributed by atoms with Crippen molar-refractivity contribution in [1.29, 1.82) is 0 Å². The van der Waals surface area contributed by atoms with E-state index < -0.39 is 17.7 Å². The van der Waals surface area contributed by atoms with Crippen LogP contribution >= 0.6 is 0 Å². The van der Waals surface area contributed by atoms with Crippen LogP contribution in [-0.4, -0.2) is 34.4 Å². The molecule has 2 unspecified atom stereocenters. The zero-order chi connectivity index (χ0) is 24.5. The van der Waals surface area contributed by atoms with Gasteiger partial charge in [-0.2, -0.15) is 0 Å². The topological polar surface area (TPSA) is 89.2 Å². The van der Waals surface area contributed by atoms with Crippen LogP contribution in [0.2, 0.25) is 0 Å². The maximum absolute atomic E-state index is 13.2. The molecule has 3 aromatic rings. The highest BCUT2D eigenvalue weighted by molar-refractivity contribution is 6.46. The average molecular weight is 474 g/mol. The van der Waals surface area contributed by atoms with E-state index >= 15 is 0 Å². The minimum atomic E-state index is -0.774. The van der Waals surface area contributed by atoms with Crippen LogP contribution in [0.15, 0.2) is 70.9 Å². The van der Waals surface area contributed by atoms with E-state index in [-0.39, 0.29) is 24.0 Å². The number of hydrogen-bond donors (Lipinski definition) is 1. The lowest BCUT2D eigenvalue weighted by Crippen LogP contribution is -2.29. The lowest BCUT2D eigenvalue weighted by molar-refractivity contribution is -0.140. The van der Waals surface area contributed by atoms with Gasteiger partial charge in [0.25, 0.3) is 11.7 Å². The second-order valence-corrected chi connectivity index (χ2v) is 8.88. The number of carbonyl (C=O) groups is 2. The summed E-state index contributed by atoms with van der Waals surface area (Å²) in [5, 5.41) is 11.3. The number of rotatable bonds is 7. The van der Waals surface area contributed by atoms with Gasteiger partial charge in [0.1, 0.15) is 29.1 Å². The summed E-state index contributed by atoms with van der Waals surface area (Å²) in [6, 6.07) is 15.3. The average Bonchev–Trinajstić information content (AvgIpc) is 3.57. The molecule has 0 spiro atoms. The fourth-order valence-electron chi connectivity index (χ4n) is 4.65. The van der Waals surface area contributed by atoms with Gasteiger partial charge in [0.15, 0.2) is 0 Å². The Labute approximate surface area is 203 Å². The molecule has 7 heteroatoms. The minimum Gasteiger partial charge on any atom is -0.507 e. The second-order valence-electron chi connectivity index (χ2n) is 8.88. The van der Waals surface area contributed by atoms with Crippen molar-refractivity contribution in [3.05, 3.63) is 88.9 Å². The molecule has 1 saturated heterocycles. The molecule has 1 N–H and O–H groups in total. The molecule has 0 radical (unpaired) electrons. The Balaban J connectivity index is 1.58. The molecule has 2 aliphatic rings. The van der Waals surface area contributed by atoms with Crippen LogP contribution < -0.4 is 9.47 Å². The van der Waals surface area contributed by atoms with Crippen molar-refractivity contribution in [2.45, 2.75) is 45.4 Å². The van der Waals surface area contributed by atoms with Crippen molar-refractivity contribution in [3.8, 4) is 11.5 Å². The van der Waals surface area contributed by atoms with Gasteiger partial charge in [-0.15, -0.1) is 0 Å². The molecular weight excluding hydrogens is 446 g/mol. The lowest BCUT2D eigenvalue weighted by Gasteiger charge is -2.24. The molecule has 1 aromatic heterocycles. The van der Waals surface area contributed by atoms with E-state index in [1.54, 1.807) is 24.3 Å². The van der Waals surface area contributed by atoms with Crippen LogP contribution in [0.3, 0.4) is 0 Å². The molecular formula is C28H27NO6. The van der Waals surface area contributed by atoms with E-state index in [2.05, 4.69) is 0 Å². The number of ether oxygens (including phenoxy) is 2. The van der Waals surface area contributed by atoms with E-state index in [0.717, 1.165) is 17.7 Å². The number of amides is 1. The molecule has 2 atom stereocenters. The lowest BCUT2D eigenvalue weighted by atomic mass is 9.94. The summed E-state index contributed by atoms with van der Waals surface area (Å²) in [5.41, 5.74) is 2.18. The predicted octanol–water partition coefficient (Wildman–Crippen LogP) is 5.01. The normalized spacial score (nSPS) is 20.7. The Morgan fingerprint density at radius 1 is 1.14 bits per heavy atom. The first-order valence-electron chi connectivity index (χ1n) is 11.8. The van der Waals surface area contributed by atoms with Gasteiger partial charge < -0.3 is 23.9 Å². The third-order valence-electron chi connectivity index (χ3n) is 6.28. The van der Waals surface area contributed by atoms with Crippen molar-refractivity contribution in [1.82, 2.24) is 4.90 Å². The summed E-state index contributed by atoms with van der Waals surface area (Å²) in [6.07, 6.45) is 3.17. The molecule has 5 rings (SSSR count). The number of nitrogens with zero attached hydrogens (tertiary/aromatic N) is 1. The summed E-state index contributed by atoms with van der Waals surface area (Å²) >= 11 is 0. The fraction of sp³-hybridized carbons (Fsp3) is 0.286. The molecule has 180 valence electrons. The van der Waals surface area contributed by atoms with Crippen molar-refractivity contribution in [2.24, 2.45) is 0 Å². The first-order valence-corrected chi connectivity index (χ1v) is 11.8. The van der Waals surface area contributed by atoms with Crippen LogP contribution in [0, 0.1) is 0 Å². The molecule has 0 aliphatic carbocycles. The highest BCUT2D eigenvalue weighted by Crippen LogP contribution is 2.41. The largest absolute Gasteiger partial charge is 0.507 e. The van der Waals surface area contributed by atoms with Crippen molar-refractivity contribution in [3.63, 3.8) is 0 Å². The Morgan fingerprint density at radius 2 is 1.94 bits per heavy atom. The number of hydrogen-bond acceptors (Lipinski definition) is 6. The number of carbonyl (C=O) groups excluding carboxylic acids is 2. The molecule has 0 saturated carbocycles. The molecule has 0 bridgehead atoms. The number of benzene rings is 2. The van der Waals surface area contributed by atoms with Crippen LogP contribution in [-0.2, 0) is 22.6 Å². The van der Waals surface area contributed by atoms with Gasteiger partial charge in [0.05, 0.1) is 31.0 Å².